The number of carbonyl (C=O) groups excluding carboxylic acids is 2. The van der Waals surface area contributed by atoms with Crippen LogP contribution < -0.4 is 16.4 Å². The van der Waals surface area contributed by atoms with Crippen molar-refractivity contribution >= 4 is 12.1 Å². The van der Waals surface area contributed by atoms with Crippen molar-refractivity contribution in [3.8, 4) is 0 Å². The van der Waals surface area contributed by atoms with Crippen LogP contribution in [0.4, 0.5) is 9.59 Å². The van der Waals surface area contributed by atoms with E-state index in [0.717, 1.165) is 32.7 Å². The van der Waals surface area contributed by atoms with E-state index in [2.05, 4.69) is 10.6 Å². The fourth-order valence-corrected chi connectivity index (χ4v) is 2.45. The summed E-state index contributed by atoms with van der Waals surface area (Å²) in [7, 11) is 0. The van der Waals surface area contributed by atoms with Gasteiger partial charge in [-0.05, 0) is 0 Å². The lowest BCUT2D eigenvalue weighted by molar-refractivity contribution is 0.184. The van der Waals surface area contributed by atoms with Gasteiger partial charge in [-0.15, -0.1) is 0 Å². The van der Waals surface area contributed by atoms with Gasteiger partial charge in [0.15, 0.2) is 0 Å². The van der Waals surface area contributed by atoms with Crippen LogP contribution in [0.15, 0.2) is 0 Å². The summed E-state index contributed by atoms with van der Waals surface area (Å²) in [5.74, 6) is 0. The second kappa shape index (κ2) is 7.30. The quantitative estimate of drug-likeness (QED) is 0.463. The van der Waals surface area contributed by atoms with Gasteiger partial charge < -0.3 is 31.1 Å². The van der Waals surface area contributed by atoms with E-state index in [4.69, 9.17) is 5.73 Å². The summed E-state index contributed by atoms with van der Waals surface area (Å²) in [4.78, 5) is 28.9. The van der Waals surface area contributed by atoms with Crippen LogP contribution in [-0.2, 0) is 0 Å². The van der Waals surface area contributed by atoms with Crippen molar-refractivity contribution in [2.24, 2.45) is 5.73 Å². The minimum atomic E-state index is -0.0283. The molecule has 0 aromatic rings. The molecular formula is C12H24N6O2. The van der Waals surface area contributed by atoms with Crippen molar-refractivity contribution in [2.75, 3.05) is 65.4 Å². The number of nitrogens with zero attached hydrogens (tertiary/aromatic N) is 3. The molecule has 20 heavy (non-hydrogen) atoms. The third kappa shape index (κ3) is 3.73. The van der Waals surface area contributed by atoms with Gasteiger partial charge in [0.05, 0.1) is 0 Å². The molecule has 2 rings (SSSR count). The smallest absolute Gasteiger partial charge is 0.320 e. The molecule has 8 nitrogen and oxygen atoms in total. The summed E-state index contributed by atoms with van der Waals surface area (Å²) in [5.41, 5.74) is 5.39. The van der Waals surface area contributed by atoms with E-state index in [1.54, 1.807) is 4.90 Å². The molecule has 4 amide bonds. The number of urea groups is 2. The fraction of sp³-hybridized carbons (Fsp3) is 0.833. The van der Waals surface area contributed by atoms with Gasteiger partial charge in [-0.25, -0.2) is 9.59 Å². The van der Waals surface area contributed by atoms with Gasteiger partial charge in [-0.2, -0.15) is 0 Å². The van der Waals surface area contributed by atoms with E-state index in [1.807, 2.05) is 9.80 Å². The number of nitrogens with one attached hydrogen (secondary N) is 2. The summed E-state index contributed by atoms with van der Waals surface area (Å²) < 4.78 is 0. The van der Waals surface area contributed by atoms with Crippen LogP contribution in [-0.4, -0.2) is 92.2 Å². The highest BCUT2D eigenvalue weighted by Crippen LogP contribution is 2.08. The van der Waals surface area contributed by atoms with Crippen LogP contribution in [0, 0.1) is 0 Å². The second-order valence-electron chi connectivity index (χ2n) is 5.01. The van der Waals surface area contributed by atoms with Gasteiger partial charge >= 0.3 is 12.1 Å². The number of hydrogen-bond acceptors (Lipinski definition) is 4. The molecule has 0 aliphatic carbocycles. The first-order valence-electron chi connectivity index (χ1n) is 7.20. The molecule has 0 radical (unpaired) electrons. The Labute approximate surface area is 119 Å². The standard InChI is InChI=1S/C12H24N6O2/c13-1-2-14-3-5-17-9-10-18(12(17)20)8-7-16-6-4-15-11(16)19/h14H,1-10,13H2,(H,15,19). The summed E-state index contributed by atoms with van der Waals surface area (Å²) in [5, 5.41) is 5.94. The predicted molar refractivity (Wildman–Crippen MR) is 75.4 cm³/mol. The van der Waals surface area contributed by atoms with Crippen LogP contribution in [0.5, 0.6) is 0 Å². The third-order valence-corrected chi connectivity index (χ3v) is 3.65. The summed E-state index contributed by atoms with van der Waals surface area (Å²) in [6, 6.07) is 0.0404. The SMILES string of the molecule is NCCNCCN1CCN(CCN2CCNC2=O)C1=O. The first-order chi connectivity index (χ1) is 9.72. The number of amides is 4. The van der Waals surface area contributed by atoms with Gasteiger partial charge in [0.2, 0.25) is 0 Å². The second-order valence-corrected chi connectivity index (χ2v) is 5.01. The average molecular weight is 284 g/mol. The van der Waals surface area contributed by atoms with E-state index in [1.165, 1.54) is 0 Å². The molecule has 0 saturated carbocycles. The highest BCUT2D eigenvalue weighted by atomic mass is 16.2. The topological polar surface area (TPSA) is 93.9 Å². The zero-order valence-electron chi connectivity index (χ0n) is 11.8. The van der Waals surface area contributed by atoms with Crippen molar-refractivity contribution < 1.29 is 9.59 Å². The van der Waals surface area contributed by atoms with E-state index >= 15 is 0 Å². The minimum absolute atomic E-state index is 0.0283. The molecule has 2 saturated heterocycles. The third-order valence-electron chi connectivity index (χ3n) is 3.65. The molecule has 2 heterocycles. The maximum Gasteiger partial charge on any atom is 0.320 e. The highest BCUT2D eigenvalue weighted by molar-refractivity contribution is 5.77. The molecule has 0 unspecified atom stereocenters. The lowest BCUT2D eigenvalue weighted by Gasteiger charge is -2.21. The van der Waals surface area contributed by atoms with Crippen LogP contribution in [0.25, 0.3) is 0 Å². The molecule has 0 aromatic heterocycles. The van der Waals surface area contributed by atoms with E-state index in [-0.39, 0.29) is 12.1 Å². The molecule has 8 heteroatoms. The Balaban J connectivity index is 1.66. The summed E-state index contributed by atoms with van der Waals surface area (Å²) in [6.45, 7) is 7.01. The Morgan fingerprint density at radius 1 is 1.00 bits per heavy atom. The van der Waals surface area contributed by atoms with Crippen LogP contribution in [0.1, 0.15) is 0 Å². The molecule has 0 atom stereocenters. The molecule has 2 fully saturated rings. The van der Waals surface area contributed by atoms with Crippen molar-refractivity contribution in [1.82, 2.24) is 25.3 Å². The Hall–Kier alpha value is -1.54. The molecule has 2 aliphatic rings. The Morgan fingerprint density at radius 3 is 2.35 bits per heavy atom. The van der Waals surface area contributed by atoms with Crippen molar-refractivity contribution in [1.29, 1.82) is 0 Å². The lowest BCUT2D eigenvalue weighted by atomic mass is 10.5. The summed E-state index contributed by atoms with van der Waals surface area (Å²) >= 11 is 0. The molecule has 114 valence electrons. The van der Waals surface area contributed by atoms with Crippen LogP contribution in [0.2, 0.25) is 0 Å². The first-order valence-corrected chi connectivity index (χ1v) is 7.20. The normalized spacial score (nSPS) is 19.1. The van der Waals surface area contributed by atoms with Crippen molar-refractivity contribution in [3.63, 3.8) is 0 Å². The number of carbonyl (C=O) groups is 2. The maximum absolute atomic E-state index is 12.1. The Bertz CT molecular complexity index is 351. The monoisotopic (exact) mass is 284 g/mol. The Morgan fingerprint density at radius 2 is 1.70 bits per heavy atom. The molecular weight excluding hydrogens is 260 g/mol. The lowest BCUT2D eigenvalue weighted by Crippen LogP contribution is -2.40. The van der Waals surface area contributed by atoms with Gasteiger partial charge in [0.25, 0.3) is 0 Å². The van der Waals surface area contributed by atoms with Crippen molar-refractivity contribution in [2.45, 2.75) is 0 Å². The summed E-state index contributed by atoms with van der Waals surface area (Å²) in [6.07, 6.45) is 0. The van der Waals surface area contributed by atoms with Gasteiger partial charge in [-0.1, -0.05) is 0 Å². The van der Waals surface area contributed by atoms with Crippen LogP contribution >= 0.6 is 0 Å². The Kier molecular flexibility index (Phi) is 5.42. The van der Waals surface area contributed by atoms with E-state index in [9.17, 15) is 9.59 Å². The first kappa shape index (κ1) is 14.9. The zero-order valence-corrected chi connectivity index (χ0v) is 11.8. The fourth-order valence-electron chi connectivity index (χ4n) is 2.45. The highest BCUT2D eigenvalue weighted by Gasteiger charge is 2.29. The van der Waals surface area contributed by atoms with E-state index < -0.39 is 0 Å². The molecule has 4 N–H and O–H groups in total. The molecule has 2 aliphatic heterocycles. The number of hydrogen-bond donors (Lipinski definition) is 3. The molecule has 0 bridgehead atoms. The van der Waals surface area contributed by atoms with Crippen LogP contribution in [0.3, 0.4) is 0 Å². The predicted octanol–water partition coefficient (Wildman–Crippen LogP) is -1.70. The van der Waals surface area contributed by atoms with Crippen molar-refractivity contribution in [3.05, 3.63) is 0 Å². The van der Waals surface area contributed by atoms with Gasteiger partial charge in [0.1, 0.15) is 0 Å². The number of nitrogens with two attached hydrogens (primary N) is 1. The van der Waals surface area contributed by atoms with Gasteiger partial charge in [-0.3, -0.25) is 0 Å². The number of rotatable bonds is 8. The zero-order chi connectivity index (χ0) is 14.4. The average Bonchev–Trinajstić information content (AvgIpc) is 3.00. The van der Waals surface area contributed by atoms with E-state index in [0.29, 0.717) is 32.7 Å². The maximum atomic E-state index is 12.1. The minimum Gasteiger partial charge on any atom is -0.336 e. The molecule has 0 aromatic carbocycles. The largest absolute Gasteiger partial charge is 0.336 e. The molecule has 0 spiro atoms. The van der Waals surface area contributed by atoms with Gasteiger partial charge in [0, 0.05) is 65.4 Å².